The van der Waals surface area contributed by atoms with Gasteiger partial charge in [-0.15, -0.1) is 0 Å². The molecule has 1 amide bonds. The highest BCUT2D eigenvalue weighted by molar-refractivity contribution is 5.79. The van der Waals surface area contributed by atoms with Crippen molar-refractivity contribution in [1.82, 2.24) is 4.90 Å². The molecule has 1 heterocycles. The van der Waals surface area contributed by atoms with Crippen molar-refractivity contribution < 1.29 is 4.79 Å². The first-order chi connectivity index (χ1) is 10.8. The summed E-state index contributed by atoms with van der Waals surface area (Å²) in [4.78, 5) is 14.5. The number of hydrogen-bond acceptors (Lipinski definition) is 2. The van der Waals surface area contributed by atoms with Gasteiger partial charge in [0.05, 0.1) is 6.42 Å². The Bertz CT molecular complexity index is 639. The Balaban J connectivity index is 1.62. The lowest BCUT2D eigenvalue weighted by atomic mass is 9.99. The first-order valence-corrected chi connectivity index (χ1v) is 7.87. The van der Waals surface area contributed by atoms with Crippen LogP contribution in [0.5, 0.6) is 0 Å². The lowest BCUT2D eigenvalue weighted by Crippen LogP contribution is -2.29. The topological polar surface area (TPSA) is 46.3 Å². The summed E-state index contributed by atoms with van der Waals surface area (Å²) in [5, 5.41) is 0. The van der Waals surface area contributed by atoms with E-state index >= 15 is 0 Å². The molecule has 1 aliphatic rings. The molecule has 22 heavy (non-hydrogen) atoms. The SMILES string of the molecule is NCc1cccc(CC(=O)N2CC[C@H](c3ccccc3)C2)c1. The van der Waals surface area contributed by atoms with Crippen molar-refractivity contribution in [2.24, 2.45) is 5.73 Å². The maximum absolute atomic E-state index is 12.5. The molecule has 0 aliphatic carbocycles. The summed E-state index contributed by atoms with van der Waals surface area (Å²) < 4.78 is 0. The van der Waals surface area contributed by atoms with Crippen LogP contribution in [0.25, 0.3) is 0 Å². The van der Waals surface area contributed by atoms with E-state index in [0.717, 1.165) is 30.6 Å². The molecular weight excluding hydrogens is 272 g/mol. The van der Waals surface area contributed by atoms with Gasteiger partial charge < -0.3 is 10.6 Å². The molecule has 0 aromatic heterocycles. The second kappa shape index (κ2) is 6.75. The highest BCUT2D eigenvalue weighted by Gasteiger charge is 2.26. The number of amides is 1. The molecule has 3 nitrogen and oxygen atoms in total. The lowest BCUT2D eigenvalue weighted by molar-refractivity contribution is -0.129. The van der Waals surface area contributed by atoms with E-state index in [-0.39, 0.29) is 5.91 Å². The Morgan fingerprint density at radius 3 is 2.64 bits per heavy atom. The summed E-state index contributed by atoms with van der Waals surface area (Å²) in [6.45, 7) is 2.20. The molecule has 3 heteroatoms. The van der Waals surface area contributed by atoms with Crippen molar-refractivity contribution in [1.29, 1.82) is 0 Å². The number of benzene rings is 2. The molecule has 0 saturated carbocycles. The molecular formula is C19H22N2O. The van der Waals surface area contributed by atoms with Gasteiger partial charge in [-0.1, -0.05) is 54.6 Å². The number of nitrogens with two attached hydrogens (primary N) is 1. The zero-order chi connectivity index (χ0) is 15.4. The minimum atomic E-state index is 0.215. The van der Waals surface area contributed by atoms with E-state index in [1.807, 2.05) is 35.2 Å². The Morgan fingerprint density at radius 2 is 1.86 bits per heavy atom. The van der Waals surface area contributed by atoms with Gasteiger partial charge in [-0.25, -0.2) is 0 Å². The zero-order valence-corrected chi connectivity index (χ0v) is 12.7. The van der Waals surface area contributed by atoms with Gasteiger partial charge in [-0.2, -0.15) is 0 Å². The van der Waals surface area contributed by atoms with Gasteiger partial charge in [0.15, 0.2) is 0 Å². The number of carbonyl (C=O) groups excluding carboxylic acids is 1. The summed E-state index contributed by atoms with van der Waals surface area (Å²) in [6, 6.07) is 18.5. The van der Waals surface area contributed by atoms with E-state index in [1.54, 1.807) is 0 Å². The third kappa shape index (κ3) is 3.37. The van der Waals surface area contributed by atoms with Crippen LogP contribution in [0.3, 0.4) is 0 Å². The second-order valence-corrected chi connectivity index (χ2v) is 5.94. The highest BCUT2D eigenvalue weighted by Crippen LogP contribution is 2.27. The van der Waals surface area contributed by atoms with Crippen molar-refractivity contribution >= 4 is 5.91 Å². The van der Waals surface area contributed by atoms with Gasteiger partial charge in [0.2, 0.25) is 5.91 Å². The molecule has 1 saturated heterocycles. The molecule has 2 aromatic carbocycles. The molecule has 2 N–H and O–H groups in total. The van der Waals surface area contributed by atoms with Crippen LogP contribution in [0, 0.1) is 0 Å². The minimum Gasteiger partial charge on any atom is -0.342 e. The summed E-state index contributed by atoms with van der Waals surface area (Å²) in [5.74, 6) is 0.688. The molecule has 1 atom stereocenters. The van der Waals surface area contributed by atoms with Gasteiger partial charge in [0, 0.05) is 25.6 Å². The van der Waals surface area contributed by atoms with Gasteiger partial charge in [-0.3, -0.25) is 4.79 Å². The predicted octanol–water partition coefficient (Wildman–Crippen LogP) is 2.70. The standard InChI is InChI=1S/C19H22N2O/c20-13-16-6-4-5-15(11-16)12-19(22)21-10-9-18(14-21)17-7-2-1-3-8-17/h1-8,11,18H,9-10,12-14,20H2/t18-/m0/s1. The van der Waals surface area contributed by atoms with E-state index in [9.17, 15) is 4.79 Å². The van der Waals surface area contributed by atoms with Crippen LogP contribution in [-0.2, 0) is 17.8 Å². The van der Waals surface area contributed by atoms with Crippen LogP contribution >= 0.6 is 0 Å². The van der Waals surface area contributed by atoms with Gasteiger partial charge in [0.1, 0.15) is 0 Å². The highest BCUT2D eigenvalue weighted by atomic mass is 16.2. The van der Waals surface area contributed by atoms with Crippen LogP contribution in [0.4, 0.5) is 0 Å². The van der Waals surface area contributed by atoms with Crippen LogP contribution in [0.2, 0.25) is 0 Å². The summed E-state index contributed by atoms with van der Waals surface area (Å²) in [7, 11) is 0. The normalized spacial score (nSPS) is 17.7. The maximum atomic E-state index is 12.5. The first-order valence-electron chi connectivity index (χ1n) is 7.87. The van der Waals surface area contributed by atoms with Crippen LogP contribution in [0.15, 0.2) is 54.6 Å². The summed E-state index contributed by atoms with van der Waals surface area (Å²) in [6.07, 6.45) is 1.52. The third-order valence-electron chi connectivity index (χ3n) is 4.39. The van der Waals surface area contributed by atoms with E-state index in [4.69, 9.17) is 5.73 Å². The van der Waals surface area contributed by atoms with E-state index < -0.39 is 0 Å². The number of hydrogen-bond donors (Lipinski definition) is 1. The Morgan fingerprint density at radius 1 is 1.09 bits per heavy atom. The number of rotatable bonds is 4. The molecule has 0 spiro atoms. The largest absolute Gasteiger partial charge is 0.342 e. The van der Waals surface area contributed by atoms with Crippen LogP contribution in [0.1, 0.15) is 29.0 Å². The molecule has 3 rings (SSSR count). The van der Waals surface area contributed by atoms with Crippen LogP contribution < -0.4 is 5.73 Å². The van der Waals surface area contributed by atoms with E-state index in [2.05, 4.69) is 24.3 Å². The molecule has 1 fully saturated rings. The summed E-state index contributed by atoms with van der Waals surface area (Å²) in [5.41, 5.74) is 9.12. The van der Waals surface area contributed by atoms with Crippen molar-refractivity contribution in [3.05, 3.63) is 71.3 Å². The molecule has 0 unspecified atom stereocenters. The lowest BCUT2D eigenvalue weighted by Gasteiger charge is -2.17. The molecule has 114 valence electrons. The first kappa shape index (κ1) is 14.8. The molecule has 1 aliphatic heterocycles. The predicted molar refractivity (Wildman–Crippen MR) is 88.4 cm³/mol. The zero-order valence-electron chi connectivity index (χ0n) is 12.7. The minimum absolute atomic E-state index is 0.215. The Labute approximate surface area is 131 Å². The molecule has 0 radical (unpaired) electrons. The number of nitrogens with zero attached hydrogens (tertiary/aromatic N) is 1. The Kier molecular flexibility index (Phi) is 4.54. The quantitative estimate of drug-likeness (QED) is 0.942. The third-order valence-corrected chi connectivity index (χ3v) is 4.39. The fourth-order valence-corrected chi connectivity index (χ4v) is 3.14. The molecule has 0 bridgehead atoms. The van der Waals surface area contributed by atoms with E-state index in [1.165, 1.54) is 5.56 Å². The van der Waals surface area contributed by atoms with Gasteiger partial charge in [-0.05, 0) is 23.1 Å². The number of carbonyl (C=O) groups is 1. The Hall–Kier alpha value is -2.13. The maximum Gasteiger partial charge on any atom is 0.227 e. The second-order valence-electron chi connectivity index (χ2n) is 5.94. The smallest absolute Gasteiger partial charge is 0.227 e. The van der Waals surface area contributed by atoms with Crippen molar-refractivity contribution in [3.8, 4) is 0 Å². The average Bonchev–Trinajstić information content (AvgIpc) is 3.06. The fraction of sp³-hybridized carbons (Fsp3) is 0.316. The van der Waals surface area contributed by atoms with E-state index in [0.29, 0.717) is 18.9 Å². The molecule has 2 aromatic rings. The fourth-order valence-electron chi connectivity index (χ4n) is 3.14. The monoisotopic (exact) mass is 294 g/mol. The van der Waals surface area contributed by atoms with Gasteiger partial charge in [0.25, 0.3) is 0 Å². The van der Waals surface area contributed by atoms with Crippen LogP contribution in [-0.4, -0.2) is 23.9 Å². The van der Waals surface area contributed by atoms with Crippen molar-refractivity contribution in [2.75, 3.05) is 13.1 Å². The van der Waals surface area contributed by atoms with Crippen molar-refractivity contribution in [2.45, 2.75) is 25.3 Å². The summed E-state index contributed by atoms with van der Waals surface area (Å²) >= 11 is 0. The van der Waals surface area contributed by atoms with Crippen molar-refractivity contribution in [3.63, 3.8) is 0 Å². The van der Waals surface area contributed by atoms with Gasteiger partial charge >= 0.3 is 0 Å². The average molecular weight is 294 g/mol. The number of likely N-dealkylation sites (tertiary alicyclic amines) is 1.